The van der Waals surface area contributed by atoms with Crippen LogP contribution in [0.2, 0.25) is 5.15 Å². The summed E-state index contributed by atoms with van der Waals surface area (Å²) in [6, 6.07) is 1.62. The van der Waals surface area contributed by atoms with Gasteiger partial charge in [-0.25, -0.2) is 4.98 Å². The van der Waals surface area contributed by atoms with Crippen molar-refractivity contribution in [2.75, 3.05) is 0 Å². The van der Waals surface area contributed by atoms with E-state index in [9.17, 15) is 4.79 Å². The molecule has 1 heterocycles. The van der Waals surface area contributed by atoms with Crippen LogP contribution >= 0.6 is 27.5 Å². The fourth-order valence-corrected chi connectivity index (χ4v) is 1.70. The van der Waals surface area contributed by atoms with E-state index in [2.05, 4.69) is 20.9 Å². The third kappa shape index (κ3) is 2.51. The Hall–Kier alpha value is -0.410. The van der Waals surface area contributed by atoms with Crippen LogP contribution in [-0.2, 0) is 0 Å². The fourth-order valence-electron chi connectivity index (χ4n) is 0.900. The second kappa shape index (κ2) is 4.20. The van der Waals surface area contributed by atoms with Crippen molar-refractivity contribution in [1.29, 1.82) is 0 Å². The summed E-state index contributed by atoms with van der Waals surface area (Å²) in [5, 5.41) is 0.382. The summed E-state index contributed by atoms with van der Waals surface area (Å²) in [7, 11) is 0. The zero-order valence-electron chi connectivity index (χ0n) is 7.34. The van der Waals surface area contributed by atoms with Crippen LogP contribution < -0.4 is 0 Å². The van der Waals surface area contributed by atoms with Gasteiger partial charge in [0.15, 0.2) is 5.78 Å². The molecular formula is C9H9BrClNO. The molecule has 4 heteroatoms. The van der Waals surface area contributed by atoms with Crippen LogP contribution in [0.4, 0.5) is 0 Å². The predicted molar refractivity (Wildman–Crippen MR) is 56.1 cm³/mol. The number of hydrogen-bond donors (Lipinski definition) is 0. The summed E-state index contributed by atoms with van der Waals surface area (Å²) < 4.78 is 0.700. The normalized spacial score (nSPS) is 10.5. The van der Waals surface area contributed by atoms with Gasteiger partial charge < -0.3 is 0 Å². The molecule has 0 amide bonds. The highest BCUT2D eigenvalue weighted by Crippen LogP contribution is 2.21. The topological polar surface area (TPSA) is 30.0 Å². The maximum Gasteiger partial charge on any atom is 0.168 e. The number of hydrogen-bond acceptors (Lipinski definition) is 2. The molecule has 0 saturated carbocycles. The van der Waals surface area contributed by atoms with E-state index >= 15 is 0 Å². The van der Waals surface area contributed by atoms with Crippen molar-refractivity contribution in [2.45, 2.75) is 13.8 Å². The molecule has 1 aromatic heterocycles. The number of rotatable bonds is 2. The van der Waals surface area contributed by atoms with Crippen LogP contribution in [0.5, 0.6) is 0 Å². The summed E-state index contributed by atoms with van der Waals surface area (Å²) in [4.78, 5) is 15.4. The monoisotopic (exact) mass is 261 g/mol. The number of aromatic nitrogens is 1. The molecule has 0 bridgehead atoms. The summed E-state index contributed by atoms with van der Waals surface area (Å²) in [6.45, 7) is 3.70. The largest absolute Gasteiger partial charge is 0.294 e. The van der Waals surface area contributed by atoms with Crippen molar-refractivity contribution in [1.82, 2.24) is 4.98 Å². The number of nitrogens with zero attached hydrogens (tertiary/aromatic N) is 1. The van der Waals surface area contributed by atoms with Crippen molar-refractivity contribution >= 4 is 33.3 Å². The SMILES string of the molecule is CC(C)C(=O)c1cnc(Cl)cc1Br. The standard InChI is InChI=1S/C9H9BrClNO/c1-5(2)9(13)6-4-12-8(11)3-7(6)10/h3-5H,1-2H3. The van der Waals surface area contributed by atoms with Crippen molar-refractivity contribution in [3.8, 4) is 0 Å². The van der Waals surface area contributed by atoms with Crippen molar-refractivity contribution in [3.05, 3.63) is 27.5 Å². The molecular weight excluding hydrogens is 253 g/mol. The molecule has 0 aromatic carbocycles. The molecule has 70 valence electrons. The Morgan fingerprint density at radius 2 is 2.23 bits per heavy atom. The first-order chi connectivity index (χ1) is 6.02. The number of carbonyl (C=O) groups excluding carboxylic acids is 1. The predicted octanol–water partition coefficient (Wildman–Crippen LogP) is 3.34. The van der Waals surface area contributed by atoms with Crippen LogP contribution in [0.1, 0.15) is 24.2 Å². The van der Waals surface area contributed by atoms with E-state index in [-0.39, 0.29) is 11.7 Å². The highest BCUT2D eigenvalue weighted by molar-refractivity contribution is 9.10. The maximum absolute atomic E-state index is 11.6. The molecule has 0 N–H and O–H groups in total. The highest BCUT2D eigenvalue weighted by atomic mass is 79.9. The van der Waals surface area contributed by atoms with Crippen LogP contribution in [0.25, 0.3) is 0 Å². The molecule has 0 unspecified atom stereocenters. The first-order valence-corrected chi connectivity index (χ1v) is 5.04. The van der Waals surface area contributed by atoms with E-state index < -0.39 is 0 Å². The lowest BCUT2D eigenvalue weighted by Gasteiger charge is -2.05. The number of carbonyl (C=O) groups is 1. The van der Waals surface area contributed by atoms with Gasteiger partial charge in [-0.3, -0.25) is 4.79 Å². The molecule has 0 radical (unpaired) electrons. The fraction of sp³-hybridized carbons (Fsp3) is 0.333. The minimum absolute atomic E-state index is 0.0284. The Morgan fingerprint density at radius 1 is 1.62 bits per heavy atom. The average Bonchev–Trinajstić information content (AvgIpc) is 2.03. The minimum Gasteiger partial charge on any atom is -0.294 e. The number of halogens is 2. The Labute approximate surface area is 90.4 Å². The van der Waals surface area contributed by atoms with Crippen LogP contribution in [0, 0.1) is 5.92 Å². The van der Waals surface area contributed by atoms with E-state index in [1.807, 2.05) is 13.8 Å². The van der Waals surface area contributed by atoms with Gasteiger partial charge in [0.2, 0.25) is 0 Å². The number of pyridine rings is 1. The zero-order chi connectivity index (χ0) is 10.0. The lowest BCUT2D eigenvalue weighted by molar-refractivity contribution is 0.0938. The van der Waals surface area contributed by atoms with Gasteiger partial charge in [-0.05, 0) is 22.0 Å². The van der Waals surface area contributed by atoms with Gasteiger partial charge in [0.25, 0.3) is 0 Å². The van der Waals surface area contributed by atoms with Gasteiger partial charge in [0, 0.05) is 16.6 Å². The van der Waals surface area contributed by atoms with E-state index in [4.69, 9.17) is 11.6 Å². The van der Waals surface area contributed by atoms with Crippen molar-refractivity contribution in [3.63, 3.8) is 0 Å². The Morgan fingerprint density at radius 3 is 2.69 bits per heavy atom. The summed E-state index contributed by atoms with van der Waals surface area (Å²) in [6.07, 6.45) is 1.49. The zero-order valence-corrected chi connectivity index (χ0v) is 9.69. The van der Waals surface area contributed by atoms with Crippen LogP contribution in [-0.4, -0.2) is 10.8 Å². The second-order valence-corrected chi connectivity index (χ2v) is 4.25. The van der Waals surface area contributed by atoms with E-state index in [0.717, 1.165) is 0 Å². The number of ketones is 1. The Balaban J connectivity index is 3.09. The van der Waals surface area contributed by atoms with E-state index in [1.54, 1.807) is 6.07 Å². The summed E-state index contributed by atoms with van der Waals surface area (Å²) in [5.74, 6) is 0.0373. The Bertz CT molecular complexity index is 338. The van der Waals surface area contributed by atoms with Gasteiger partial charge in [-0.1, -0.05) is 25.4 Å². The van der Waals surface area contributed by atoms with Crippen molar-refractivity contribution < 1.29 is 4.79 Å². The lowest BCUT2D eigenvalue weighted by Crippen LogP contribution is -2.08. The first-order valence-electron chi connectivity index (χ1n) is 3.87. The van der Waals surface area contributed by atoms with Crippen LogP contribution in [0.15, 0.2) is 16.7 Å². The summed E-state index contributed by atoms with van der Waals surface area (Å²) >= 11 is 8.92. The van der Waals surface area contributed by atoms with E-state index in [1.165, 1.54) is 6.20 Å². The van der Waals surface area contributed by atoms with Crippen molar-refractivity contribution in [2.24, 2.45) is 5.92 Å². The van der Waals surface area contributed by atoms with E-state index in [0.29, 0.717) is 15.2 Å². The third-order valence-corrected chi connectivity index (χ3v) is 2.47. The van der Waals surface area contributed by atoms with Crippen LogP contribution in [0.3, 0.4) is 0 Å². The number of Topliss-reactive ketones (excluding diaryl/α,β-unsaturated/α-hetero) is 1. The highest BCUT2D eigenvalue weighted by Gasteiger charge is 2.14. The van der Waals surface area contributed by atoms with Gasteiger partial charge in [-0.2, -0.15) is 0 Å². The summed E-state index contributed by atoms with van der Waals surface area (Å²) in [5.41, 5.74) is 0.583. The first kappa shape index (κ1) is 10.7. The molecule has 13 heavy (non-hydrogen) atoms. The van der Waals surface area contributed by atoms with Gasteiger partial charge >= 0.3 is 0 Å². The minimum atomic E-state index is -0.0284. The third-order valence-electron chi connectivity index (χ3n) is 1.61. The molecule has 2 nitrogen and oxygen atoms in total. The molecule has 0 aliphatic heterocycles. The molecule has 0 aliphatic carbocycles. The van der Waals surface area contributed by atoms with Gasteiger partial charge in [-0.15, -0.1) is 0 Å². The maximum atomic E-state index is 11.6. The molecule has 0 fully saturated rings. The molecule has 0 aliphatic rings. The quantitative estimate of drug-likeness (QED) is 0.604. The average molecular weight is 263 g/mol. The van der Waals surface area contributed by atoms with Gasteiger partial charge in [0.1, 0.15) is 5.15 Å². The smallest absolute Gasteiger partial charge is 0.168 e. The molecule has 1 aromatic rings. The van der Waals surface area contributed by atoms with Gasteiger partial charge in [0.05, 0.1) is 5.56 Å². The second-order valence-electron chi connectivity index (χ2n) is 3.01. The lowest BCUT2D eigenvalue weighted by atomic mass is 10.0. The molecule has 0 atom stereocenters. The molecule has 1 rings (SSSR count). The Kier molecular flexibility index (Phi) is 3.45. The molecule has 0 spiro atoms. The molecule has 0 saturated heterocycles.